The zero-order valence-electron chi connectivity index (χ0n) is 25.0. The molecule has 1 unspecified atom stereocenters. The van der Waals surface area contributed by atoms with Crippen molar-refractivity contribution in [3.63, 3.8) is 0 Å². The van der Waals surface area contributed by atoms with E-state index in [2.05, 4.69) is 6.92 Å². The second kappa shape index (κ2) is 27.2. The fraction of sp³-hybridized carbons (Fsp3) is 0.806. The molecular weight excluding hydrogens is 515 g/mol. The average molecular weight is 573 g/mol. The maximum Gasteiger partial charge on any atom is 0.511 e. The Balaban J connectivity index is 2.06. The largest absolute Gasteiger partial charge is 0.511 e. The summed E-state index contributed by atoms with van der Waals surface area (Å²) in [7, 11) is -3.87. The van der Waals surface area contributed by atoms with Crippen molar-refractivity contribution in [3.05, 3.63) is 30.3 Å². The van der Waals surface area contributed by atoms with Crippen molar-refractivity contribution in [2.75, 3.05) is 39.6 Å². The van der Waals surface area contributed by atoms with Gasteiger partial charge in [0, 0.05) is 6.61 Å². The van der Waals surface area contributed by atoms with Gasteiger partial charge >= 0.3 is 7.82 Å². The first kappa shape index (κ1) is 36.1. The summed E-state index contributed by atoms with van der Waals surface area (Å²) in [6.07, 6.45) is 22.2. The van der Waals surface area contributed by atoms with Crippen molar-refractivity contribution < 1.29 is 32.6 Å². The third-order valence-corrected chi connectivity index (χ3v) is 7.77. The van der Waals surface area contributed by atoms with Crippen molar-refractivity contribution in [1.29, 1.82) is 0 Å². The van der Waals surface area contributed by atoms with E-state index in [4.69, 9.17) is 28.1 Å². The number of hydrogen-bond donors (Lipinski definition) is 0. The first-order chi connectivity index (χ1) is 19.2. The maximum atomic E-state index is 13.0. The molecule has 0 heterocycles. The predicted molar refractivity (Wildman–Crippen MR) is 159 cm³/mol. The van der Waals surface area contributed by atoms with E-state index >= 15 is 0 Å². The molecule has 1 aromatic carbocycles. The first-order valence-corrected chi connectivity index (χ1v) is 17.1. The minimum atomic E-state index is -3.87. The van der Waals surface area contributed by atoms with Crippen molar-refractivity contribution in [1.82, 2.24) is 0 Å². The predicted octanol–water partition coefficient (Wildman–Crippen LogP) is 9.84. The maximum absolute atomic E-state index is 13.0. The molecule has 1 atom stereocenters. The van der Waals surface area contributed by atoms with E-state index in [9.17, 15) is 4.57 Å². The van der Waals surface area contributed by atoms with Gasteiger partial charge in [-0.15, -0.1) is 0 Å². The molecule has 0 spiro atoms. The molecule has 8 heteroatoms. The number of phosphoric ester groups is 1. The fourth-order valence-electron chi connectivity index (χ4n) is 4.22. The van der Waals surface area contributed by atoms with Crippen LogP contribution < -0.4 is 4.89 Å². The number of benzene rings is 1. The lowest BCUT2D eigenvalue weighted by Gasteiger charge is -2.17. The molecule has 7 nitrogen and oxygen atoms in total. The molecule has 0 fully saturated rings. The third-order valence-electron chi connectivity index (χ3n) is 6.52. The summed E-state index contributed by atoms with van der Waals surface area (Å²) in [4.78, 5) is 5.19. The van der Waals surface area contributed by atoms with Crippen LogP contribution in [0, 0.1) is 0 Å². The molecule has 228 valence electrons. The van der Waals surface area contributed by atoms with Crippen molar-refractivity contribution >= 4 is 7.82 Å². The van der Waals surface area contributed by atoms with Gasteiger partial charge in [0.05, 0.1) is 33.0 Å². The van der Waals surface area contributed by atoms with Crippen LogP contribution in [0.1, 0.15) is 123 Å². The molecule has 0 N–H and O–H groups in total. The Kier molecular flexibility index (Phi) is 25.2. The van der Waals surface area contributed by atoms with Gasteiger partial charge in [0.25, 0.3) is 0 Å². The number of ether oxygens (including phenoxy) is 2. The van der Waals surface area contributed by atoms with Crippen LogP contribution >= 0.6 is 7.82 Å². The van der Waals surface area contributed by atoms with E-state index in [0.717, 1.165) is 19.3 Å². The van der Waals surface area contributed by atoms with E-state index in [-0.39, 0.29) is 13.2 Å². The smallest absolute Gasteiger partial charge is 0.379 e. The minimum Gasteiger partial charge on any atom is -0.379 e. The minimum absolute atomic E-state index is 0.0700. The zero-order valence-corrected chi connectivity index (χ0v) is 25.8. The molecule has 0 aromatic heterocycles. The summed E-state index contributed by atoms with van der Waals surface area (Å²) in [6.45, 7) is 6.43. The SMILES string of the molecule is CCCCCCCCCCCCCCCCCCCOP(=O)(OCCOCCOCC)OOc1ccccc1. The Bertz CT molecular complexity index is 674. The Hall–Kier alpha value is -0.950. The molecule has 39 heavy (non-hydrogen) atoms. The lowest BCUT2D eigenvalue weighted by Crippen LogP contribution is -2.11. The first-order valence-electron chi connectivity index (χ1n) is 15.7. The second-order valence-corrected chi connectivity index (χ2v) is 11.6. The Labute approximate surface area is 239 Å². The van der Waals surface area contributed by atoms with Crippen molar-refractivity contribution in [2.45, 2.75) is 123 Å². The van der Waals surface area contributed by atoms with Gasteiger partial charge in [0.1, 0.15) is 0 Å². The highest BCUT2D eigenvalue weighted by Crippen LogP contribution is 2.49. The van der Waals surface area contributed by atoms with E-state index in [1.165, 1.54) is 89.9 Å². The third kappa shape index (κ3) is 23.5. The molecule has 0 saturated carbocycles. The molecule has 0 aliphatic carbocycles. The van der Waals surface area contributed by atoms with Gasteiger partial charge < -0.3 is 14.4 Å². The van der Waals surface area contributed by atoms with Gasteiger partial charge in [-0.2, -0.15) is 0 Å². The molecule has 0 bridgehead atoms. The summed E-state index contributed by atoms with van der Waals surface area (Å²) in [6, 6.07) is 8.87. The lowest BCUT2D eigenvalue weighted by molar-refractivity contribution is -0.134. The van der Waals surface area contributed by atoms with E-state index < -0.39 is 7.82 Å². The highest BCUT2D eigenvalue weighted by molar-refractivity contribution is 7.48. The van der Waals surface area contributed by atoms with Gasteiger partial charge in [-0.05, 0) is 25.5 Å². The van der Waals surface area contributed by atoms with Crippen LogP contribution in [0.5, 0.6) is 5.75 Å². The summed E-state index contributed by atoms with van der Waals surface area (Å²) in [5, 5.41) is 0. The van der Waals surface area contributed by atoms with Crippen LogP contribution in [0.2, 0.25) is 0 Å². The summed E-state index contributed by atoms with van der Waals surface area (Å²) >= 11 is 0. The van der Waals surface area contributed by atoms with Crippen LogP contribution in [0.3, 0.4) is 0 Å². The number of rotatable bonds is 30. The fourth-order valence-corrected chi connectivity index (χ4v) is 5.21. The van der Waals surface area contributed by atoms with Crippen LogP contribution in [0.25, 0.3) is 0 Å². The van der Waals surface area contributed by atoms with Crippen molar-refractivity contribution in [3.8, 4) is 5.75 Å². The standard InChI is InChI=1S/C31H57O7P/c1-3-5-6-7-8-9-10-11-12-13-14-15-16-17-18-19-23-26-35-39(32,36-30-29-34-28-27-33-4-2)38-37-31-24-21-20-22-25-31/h20-22,24-25H,3-19,23,26-30H2,1-2H3. The summed E-state index contributed by atoms with van der Waals surface area (Å²) < 4.78 is 39.7. The Morgan fingerprint density at radius 3 is 1.54 bits per heavy atom. The van der Waals surface area contributed by atoms with Gasteiger partial charge in [0.15, 0.2) is 5.75 Å². The number of phosphoric acid groups is 1. The molecule has 0 amide bonds. The molecular formula is C31H57O7P. The van der Waals surface area contributed by atoms with Gasteiger partial charge in [-0.1, -0.05) is 133 Å². The van der Waals surface area contributed by atoms with Crippen LogP contribution in [0.4, 0.5) is 0 Å². The highest BCUT2D eigenvalue weighted by Gasteiger charge is 2.29. The second-order valence-electron chi connectivity index (χ2n) is 10.1. The molecule has 0 saturated heterocycles. The van der Waals surface area contributed by atoms with Gasteiger partial charge in [0.2, 0.25) is 0 Å². The average Bonchev–Trinajstić information content (AvgIpc) is 2.95. The van der Waals surface area contributed by atoms with Crippen molar-refractivity contribution in [2.24, 2.45) is 0 Å². The van der Waals surface area contributed by atoms with Crippen LogP contribution in [-0.4, -0.2) is 39.6 Å². The molecule has 0 aliphatic rings. The quantitative estimate of drug-likeness (QED) is 0.0393. The summed E-state index contributed by atoms with van der Waals surface area (Å²) in [5.74, 6) is 0.427. The zero-order chi connectivity index (χ0) is 28.1. The highest BCUT2D eigenvalue weighted by atomic mass is 31.2. The molecule has 1 rings (SSSR count). The number of unbranched alkanes of at least 4 members (excludes halogenated alkanes) is 16. The molecule has 0 aliphatic heterocycles. The Morgan fingerprint density at radius 1 is 0.538 bits per heavy atom. The lowest BCUT2D eigenvalue weighted by atomic mass is 10.0. The van der Waals surface area contributed by atoms with Crippen LogP contribution in [-0.2, 0) is 27.8 Å². The molecule has 1 aromatic rings. The van der Waals surface area contributed by atoms with Crippen LogP contribution in [0.15, 0.2) is 30.3 Å². The Morgan fingerprint density at radius 2 is 1.00 bits per heavy atom. The molecule has 0 radical (unpaired) electrons. The number of para-hydroxylation sites is 1. The topological polar surface area (TPSA) is 72.5 Å². The van der Waals surface area contributed by atoms with E-state index in [0.29, 0.717) is 32.2 Å². The van der Waals surface area contributed by atoms with E-state index in [1.807, 2.05) is 13.0 Å². The summed E-state index contributed by atoms with van der Waals surface area (Å²) in [5.41, 5.74) is 0. The van der Waals surface area contributed by atoms with Gasteiger partial charge in [-0.3, -0.25) is 9.05 Å². The number of hydrogen-bond acceptors (Lipinski definition) is 7. The van der Waals surface area contributed by atoms with Gasteiger partial charge in [-0.25, -0.2) is 4.57 Å². The normalized spacial score (nSPS) is 13.0. The monoisotopic (exact) mass is 572 g/mol. The van der Waals surface area contributed by atoms with E-state index in [1.54, 1.807) is 24.3 Å².